The van der Waals surface area contributed by atoms with Crippen LogP contribution < -0.4 is 0 Å². The molecule has 4 aliphatic rings. The molecule has 18 heteroatoms. The molecular weight excluding hydrogens is 852 g/mol. The minimum absolute atomic E-state index is 0.165. The zero-order valence-corrected chi connectivity index (χ0v) is 38.6. The molecule has 4 aliphatic heterocycles. The van der Waals surface area contributed by atoms with Crippen LogP contribution in [0.25, 0.3) is 0 Å². The average Bonchev–Trinajstić information content (AvgIpc) is 3.23. The maximum atomic E-state index is 13.2. The summed E-state index contributed by atoms with van der Waals surface area (Å²) < 4.78 is 41.7. The zero-order chi connectivity index (χ0) is 48.2. The molecule has 2 bridgehead atoms. The van der Waals surface area contributed by atoms with Crippen LogP contribution in [0.2, 0.25) is 0 Å². The second-order valence-corrected chi connectivity index (χ2v) is 18.3. The van der Waals surface area contributed by atoms with E-state index in [9.17, 15) is 55.9 Å². The molecular formula is C47H76O18. The van der Waals surface area contributed by atoms with Gasteiger partial charge in [0.25, 0.3) is 0 Å². The maximum Gasteiger partial charge on any atom is 0.306 e. The van der Waals surface area contributed by atoms with Crippen molar-refractivity contribution in [2.75, 3.05) is 7.11 Å². The van der Waals surface area contributed by atoms with Crippen molar-refractivity contribution in [2.45, 2.75) is 208 Å². The molecule has 0 aromatic carbocycles. The lowest BCUT2D eigenvalue weighted by Crippen LogP contribution is -2.63. The third-order valence-corrected chi connectivity index (χ3v) is 13.0. The fourth-order valence-electron chi connectivity index (χ4n) is 8.89. The molecule has 0 aliphatic carbocycles. The highest BCUT2D eigenvalue weighted by atomic mass is 16.7. The Balaban J connectivity index is 1.62. The van der Waals surface area contributed by atoms with E-state index in [2.05, 4.69) is 0 Å². The standard InChI is InChI=1S/C47H76O18/c1-8-35-27(3)43(64-39-23-34(51)44(59-7)29(5)60-39)26(2)17-15-13-11-9-10-12-14-16-18-31(62-45-42(56)41(55)40(54)28(4)61-45)22-37-46(6,57)36(52)25-47(58,65-37)24-30(48)21-33(50)32(49)19-20-38(53)63-35/h9-18,26-37,39-45,48-52,54-58H,8,19-25H2,1-7H3/b10-9+,13-11+,14-12+,17-15+,18-16+/t26?,27?,28-,29+,30+,31?,32-,33-,34-,35?,36+,37+,39+,40-,41+,42+,43?,44+,45+,46+,47-/m1/s1. The Labute approximate surface area is 382 Å². The number of cyclic esters (lactones) is 1. The second kappa shape index (κ2) is 25.2. The van der Waals surface area contributed by atoms with Gasteiger partial charge in [0.2, 0.25) is 0 Å². The fourth-order valence-corrected chi connectivity index (χ4v) is 8.89. The van der Waals surface area contributed by atoms with Crippen molar-refractivity contribution in [3.63, 3.8) is 0 Å². The van der Waals surface area contributed by atoms with Crippen molar-refractivity contribution in [3.05, 3.63) is 60.8 Å². The highest BCUT2D eigenvalue weighted by molar-refractivity contribution is 5.69. The minimum Gasteiger partial charge on any atom is -0.462 e. The number of allylic oxidation sites excluding steroid dienone is 8. The molecule has 5 unspecified atom stereocenters. The normalized spacial score (nSPS) is 48.4. The summed E-state index contributed by atoms with van der Waals surface area (Å²) in [7, 11) is 1.51. The first-order valence-corrected chi connectivity index (χ1v) is 22.9. The van der Waals surface area contributed by atoms with Crippen molar-refractivity contribution in [3.8, 4) is 0 Å². The first-order chi connectivity index (χ1) is 30.6. The quantitative estimate of drug-likeness (QED) is 0.167. The number of fused-ring (bicyclic) bond motifs is 2. The molecule has 18 nitrogen and oxygen atoms in total. The Morgan fingerprint density at radius 3 is 1.95 bits per heavy atom. The van der Waals surface area contributed by atoms with E-state index in [4.69, 9.17) is 33.2 Å². The lowest BCUT2D eigenvalue weighted by Gasteiger charge is -2.49. The molecule has 10 N–H and O–H groups in total. The molecule has 65 heavy (non-hydrogen) atoms. The third kappa shape index (κ3) is 15.5. The number of carbonyl (C=O) groups is 1. The van der Waals surface area contributed by atoms with E-state index in [1.165, 1.54) is 21.0 Å². The topological polar surface area (TPSA) is 284 Å². The van der Waals surface area contributed by atoms with E-state index in [1.807, 2.05) is 39.0 Å². The maximum absolute atomic E-state index is 13.2. The predicted molar refractivity (Wildman–Crippen MR) is 234 cm³/mol. The van der Waals surface area contributed by atoms with Gasteiger partial charge >= 0.3 is 5.97 Å². The molecule has 0 radical (unpaired) electrons. The number of hydrogen-bond donors (Lipinski definition) is 10. The van der Waals surface area contributed by atoms with Crippen LogP contribution in [0.5, 0.6) is 0 Å². The Kier molecular flexibility index (Phi) is 21.4. The number of carbonyl (C=O) groups excluding carboxylic acids is 1. The summed E-state index contributed by atoms with van der Waals surface area (Å²) in [4.78, 5) is 13.2. The molecule has 4 heterocycles. The molecule has 0 aromatic heterocycles. The van der Waals surface area contributed by atoms with Gasteiger partial charge in [-0.15, -0.1) is 0 Å². The van der Waals surface area contributed by atoms with Crippen LogP contribution in [0.15, 0.2) is 60.8 Å². The van der Waals surface area contributed by atoms with E-state index in [-0.39, 0.29) is 37.5 Å². The minimum atomic E-state index is -2.24. The number of rotatable bonds is 6. The number of aliphatic hydroxyl groups excluding tert-OH is 8. The Morgan fingerprint density at radius 1 is 0.708 bits per heavy atom. The van der Waals surface area contributed by atoms with Gasteiger partial charge in [-0.3, -0.25) is 4.79 Å². The molecule has 3 fully saturated rings. The lowest BCUT2D eigenvalue weighted by molar-refractivity contribution is -0.341. The molecule has 3 saturated heterocycles. The van der Waals surface area contributed by atoms with Gasteiger partial charge in [0, 0.05) is 57.5 Å². The van der Waals surface area contributed by atoms with Gasteiger partial charge in [0.15, 0.2) is 18.4 Å². The van der Waals surface area contributed by atoms with Gasteiger partial charge < -0.3 is 84.2 Å². The molecule has 0 amide bonds. The van der Waals surface area contributed by atoms with E-state index < -0.39 is 141 Å². The zero-order valence-electron chi connectivity index (χ0n) is 38.6. The molecule has 372 valence electrons. The van der Waals surface area contributed by atoms with Gasteiger partial charge in [0.1, 0.15) is 36.1 Å². The summed E-state index contributed by atoms with van der Waals surface area (Å²) >= 11 is 0. The van der Waals surface area contributed by atoms with Crippen LogP contribution in [-0.2, 0) is 38.0 Å². The van der Waals surface area contributed by atoms with E-state index >= 15 is 0 Å². The van der Waals surface area contributed by atoms with Crippen LogP contribution >= 0.6 is 0 Å². The number of hydrogen-bond acceptors (Lipinski definition) is 18. The summed E-state index contributed by atoms with van der Waals surface area (Å²) in [6.07, 6.45) is -3.38. The first kappa shape index (κ1) is 55.1. The highest BCUT2D eigenvalue weighted by Gasteiger charge is 2.54. The summed E-state index contributed by atoms with van der Waals surface area (Å²) in [6, 6.07) is 0. The van der Waals surface area contributed by atoms with Gasteiger partial charge in [-0.2, -0.15) is 0 Å². The Bertz CT molecular complexity index is 1590. The van der Waals surface area contributed by atoms with Crippen LogP contribution in [0, 0.1) is 11.8 Å². The molecule has 0 spiro atoms. The largest absolute Gasteiger partial charge is 0.462 e. The van der Waals surface area contributed by atoms with Crippen LogP contribution in [0.4, 0.5) is 0 Å². The molecule has 0 saturated carbocycles. The number of esters is 1. The monoisotopic (exact) mass is 929 g/mol. The van der Waals surface area contributed by atoms with E-state index in [0.717, 1.165) is 0 Å². The molecule has 0 aromatic rings. The average molecular weight is 929 g/mol. The smallest absolute Gasteiger partial charge is 0.306 e. The summed E-state index contributed by atoms with van der Waals surface area (Å²) in [5, 5.41) is 109. The van der Waals surface area contributed by atoms with Gasteiger partial charge in [-0.25, -0.2) is 0 Å². The second-order valence-electron chi connectivity index (χ2n) is 18.3. The molecule has 4 rings (SSSR count). The van der Waals surface area contributed by atoms with Crippen LogP contribution in [0.3, 0.4) is 0 Å². The van der Waals surface area contributed by atoms with Crippen LogP contribution in [-0.4, -0.2) is 180 Å². The summed E-state index contributed by atoms with van der Waals surface area (Å²) in [5.74, 6) is -3.47. The number of ether oxygens (including phenoxy) is 7. The Morgan fingerprint density at radius 2 is 1.34 bits per heavy atom. The first-order valence-electron chi connectivity index (χ1n) is 22.9. The van der Waals surface area contributed by atoms with Crippen molar-refractivity contribution < 1.29 is 89.0 Å². The summed E-state index contributed by atoms with van der Waals surface area (Å²) in [5.41, 5.74) is -1.97. The Hall–Kier alpha value is -2.47. The number of aliphatic hydroxyl groups is 10. The lowest BCUT2D eigenvalue weighted by atomic mass is 9.80. The van der Waals surface area contributed by atoms with Crippen molar-refractivity contribution >= 4 is 5.97 Å². The van der Waals surface area contributed by atoms with Crippen molar-refractivity contribution in [1.29, 1.82) is 0 Å². The van der Waals surface area contributed by atoms with Gasteiger partial charge in [0.05, 0.1) is 61.0 Å². The number of methoxy groups -OCH3 is 1. The summed E-state index contributed by atoms with van der Waals surface area (Å²) in [6.45, 7) is 10.3. The van der Waals surface area contributed by atoms with E-state index in [1.54, 1.807) is 49.5 Å². The predicted octanol–water partition coefficient (Wildman–Crippen LogP) is 1.11. The SMILES string of the molecule is CCC1OC(=O)CC[C@@H](O)[C@H](O)C[C@H](O)C[C@]2(O)C[C@H](O)[C@](C)(O)[C@H](CC(O[C@@H]3O[C@H](C)[C@@H](O)[C@H](O)[C@@H]3O)/C=C/C=C/C=C/C=C/C=C/C(C)C(O[C@H]3C[C@@H](O)[C@@H](OC)[C@H](C)O3)C1C)O2. The van der Waals surface area contributed by atoms with E-state index in [0.29, 0.717) is 6.42 Å². The van der Waals surface area contributed by atoms with Crippen molar-refractivity contribution in [2.24, 2.45) is 11.8 Å². The van der Waals surface area contributed by atoms with Gasteiger partial charge in [-0.1, -0.05) is 81.5 Å². The molecule has 21 atom stereocenters. The van der Waals surface area contributed by atoms with Crippen molar-refractivity contribution in [1.82, 2.24) is 0 Å². The van der Waals surface area contributed by atoms with Crippen LogP contribution in [0.1, 0.15) is 92.9 Å². The fraction of sp³-hybridized carbons (Fsp3) is 0.766. The van der Waals surface area contributed by atoms with Gasteiger partial charge in [-0.05, 0) is 33.6 Å². The highest BCUT2D eigenvalue weighted by Crippen LogP contribution is 2.40. The third-order valence-electron chi connectivity index (χ3n) is 13.0.